The highest BCUT2D eigenvalue weighted by Crippen LogP contribution is 2.29. The monoisotopic (exact) mass is 290 g/mol. The number of hydrogen-bond acceptors (Lipinski definition) is 1. The smallest absolute Gasteiger partial charge is 0.119 e. The van der Waals surface area contributed by atoms with Crippen molar-refractivity contribution in [2.24, 2.45) is 0 Å². The summed E-state index contributed by atoms with van der Waals surface area (Å²) in [6.45, 7) is 8.76. The molecule has 2 aromatic carbocycles. The molecule has 0 saturated carbocycles. The number of rotatable bonds is 2. The summed E-state index contributed by atoms with van der Waals surface area (Å²) < 4.78 is 2.23. The van der Waals surface area contributed by atoms with Crippen LogP contribution in [0.4, 0.5) is 0 Å². The minimum absolute atomic E-state index is 0.0185. The van der Waals surface area contributed by atoms with Gasteiger partial charge in [0.2, 0.25) is 0 Å². The van der Waals surface area contributed by atoms with Crippen LogP contribution in [0.2, 0.25) is 0 Å². The van der Waals surface area contributed by atoms with E-state index in [4.69, 9.17) is 4.98 Å². The van der Waals surface area contributed by atoms with Crippen LogP contribution in [0.3, 0.4) is 0 Å². The summed E-state index contributed by atoms with van der Waals surface area (Å²) in [4.78, 5) is 4.93. The van der Waals surface area contributed by atoms with Crippen LogP contribution in [0, 0.1) is 6.92 Å². The molecule has 0 spiro atoms. The summed E-state index contributed by atoms with van der Waals surface area (Å²) in [5.74, 6) is 1.08. The number of aromatic nitrogens is 2. The number of imidazole rings is 1. The van der Waals surface area contributed by atoms with Crippen molar-refractivity contribution in [2.45, 2.75) is 33.1 Å². The van der Waals surface area contributed by atoms with Crippen molar-refractivity contribution in [3.05, 3.63) is 72.2 Å². The molecule has 0 aliphatic carbocycles. The van der Waals surface area contributed by atoms with Gasteiger partial charge in [-0.1, -0.05) is 69.3 Å². The Kier molecular flexibility index (Phi) is 3.61. The molecule has 0 aliphatic heterocycles. The SMILES string of the molecule is Cc1ccccc1-n1cc(-c2ccccc2)nc1C(C)(C)C. The third kappa shape index (κ3) is 2.69. The lowest BCUT2D eigenvalue weighted by Gasteiger charge is -2.20. The number of hydrogen-bond donors (Lipinski definition) is 0. The maximum Gasteiger partial charge on any atom is 0.119 e. The highest BCUT2D eigenvalue weighted by atomic mass is 15.1. The average Bonchev–Trinajstić information content (AvgIpc) is 2.94. The fourth-order valence-corrected chi connectivity index (χ4v) is 2.67. The molecule has 0 unspecified atom stereocenters. The third-order valence-electron chi connectivity index (χ3n) is 3.82. The molecule has 3 aromatic rings. The van der Waals surface area contributed by atoms with Gasteiger partial charge in [-0.3, -0.25) is 0 Å². The molecule has 3 rings (SSSR count). The van der Waals surface area contributed by atoms with Crippen LogP contribution in [-0.4, -0.2) is 9.55 Å². The molecule has 0 saturated heterocycles. The molecule has 0 bridgehead atoms. The van der Waals surface area contributed by atoms with Gasteiger partial charge in [0, 0.05) is 22.9 Å². The molecular weight excluding hydrogens is 268 g/mol. The molecule has 22 heavy (non-hydrogen) atoms. The van der Waals surface area contributed by atoms with E-state index in [1.54, 1.807) is 0 Å². The zero-order valence-corrected chi connectivity index (χ0v) is 13.7. The molecule has 0 atom stereocenters. The molecule has 0 fully saturated rings. The first-order chi connectivity index (χ1) is 10.5. The molecule has 0 radical (unpaired) electrons. The van der Waals surface area contributed by atoms with Crippen LogP contribution in [0.1, 0.15) is 32.2 Å². The van der Waals surface area contributed by atoms with Gasteiger partial charge in [0.15, 0.2) is 0 Å². The minimum Gasteiger partial charge on any atom is -0.302 e. The lowest BCUT2D eigenvalue weighted by atomic mass is 9.95. The van der Waals surface area contributed by atoms with Gasteiger partial charge in [0.1, 0.15) is 5.82 Å². The Bertz CT molecular complexity index is 777. The van der Waals surface area contributed by atoms with Crippen LogP contribution in [0.15, 0.2) is 60.8 Å². The van der Waals surface area contributed by atoms with Crippen LogP contribution in [-0.2, 0) is 5.41 Å². The minimum atomic E-state index is -0.0185. The van der Waals surface area contributed by atoms with Gasteiger partial charge in [-0.05, 0) is 18.6 Å². The summed E-state index contributed by atoms with van der Waals surface area (Å²) in [5.41, 5.74) is 4.61. The largest absolute Gasteiger partial charge is 0.302 e. The van der Waals surface area contributed by atoms with Gasteiger partial charge in [0.05, 0.1) is 5.69 Å². The zero-order valence-electron chi connectivity index (χ0n) is 13.7. The van der Waals surface area contributed by atoms with E-state index in [1.165, 1.54) is 11.3 Å². The summed E-state index contributed by atoms with van der Waals surface area (Å²) in [5, 5.41) is 0. The Morgan fingerprint density at radius 3 is 2.14 bits per heavy atom. The second kappa shape index (κ2) is 5.45. The van der Waals surface area contributed by atoms with Crippen LogP contribution in [0.5, 0.6) is 0 Å². The average molecular weight is 290 g/mol. The van der Waals surface area contributed by atoms with Crippen molar-refractivity contribution in [2.75, 3.05) is 0 Å². The maximum atomic E-state index is 4.93. The Morgan fingerprint density at radius 1 is 0.864 bits per heavy atom. The van der Waals surface area contributed by atoms with Gasteiger partial charge in [-0.15, -0.1) is 0 Å². The highest BCUT2D eigenvalue weighted by Gasteiger charge is 2.23. The Hall–Kier alpha value is -2.35. The van der Waals surface area contributed by atoms with Crippen LogP contribution < -0.4 is 0 Å². The van der Waals surface area contributed by atoms with E-state index in [1.807, 2.05) is 6.07 Å². The Labute approximate surface area is 132 Å². The van der Waals surface area contributed by atoms with E-state index in [0.717, 1.165) is 17.1 Å². The fourth-order valence-electron chi connectivity index (χ4n) is 2.67. The molecule has 0 N–H and O–H groups in total. The number of aryl methyl sites for hydroxylation is 1. The molecule has 0 aliphatic rings. The first kappa shape index (κ1) is 14.6. The second-order valence-electron chi connectivity index (χ2n) is 6.72. The first-order valence-corrected chi connectivity index (χ1v) is 7.68. The van der Waals surface area contributed by atoms with Gasteiger partial charge in [0.25, 0.3) is 0 Å². The van der Waals surface area contributed by atoms with Gasteiger partial charge < -0.3 is 4.57 Å². The van der Waals surface area contributed by atoms with E-state index in [9.17, 15) is 0 Å². The zero-order chi connectivity index (χ0) is 15.7. The quantitative estimate of drug-likeness (QED) is 0.638. The number of benzene rings is 2. The normalized spacial score (nSPS) is 11.6. The number of nitrogens with zero attached hydrogens (tertiary/aromatic N) is 2. The summed E-state index contributed by atoms with van der Waals surface area (Å²) in [7, 11) is 0. The van der Waals surface area contributed by atoms with Crippen LogP contribution >= 0.6 is 0 Å². The molecule has 1 heterocycles. The van der Waals surface area contributed by atoms with Gasteiger partial charge >= 0.3 is 0 Å². The maximum absolute atomic E-state index is 4.93. The number of para-hydroxylation sites is 1. The van der Waals surface area contributed by atoms with Gasteiger partial charge in [-0.2, -0.15) is 0 Å². The first-order valence-electron chi connectivity index (χ1n) is 7.68. The molecule has 2 heteroatoms. The summed E-state index contributed by atoms with van der Waals surface area (Å²) >= 11 is 0. The summed E-state index contributed by atoms with van der Waals surface area (Å²) in [6.07, 6.45) is 2.15. The standard InChI is InChI=1S/C20H22N2/c1-15-10-8-9-13-18(15)22-14-17(16-11-6-5-7-12-16)21-19(22)20(2,3)4/h5-14H,1-4H3. The van der Waals surface area contributed by atoms with E-state index in [0.29, 0.717) is 0 Å². The second-order valence-corrected chi connectivity index (χ2v) is 6.72. The van der Waals surface area contributed by atoms with E-state index in [-0.39, 0.29) is 5.41 Å². The lowest BCUT2D eigenvalue weighted by molar-refractivity contribution is 0.536. The van der Waals surface area contributed by atoms with Crippen molar-refractivity contribution in [1.29, 1.82) is 0 Å². The third-order valence-corrected chi connectivity index (χ3v) is 3.82. The van der Waals surface area contributed by atoms with Crippen molar-refractivity contribution in [3.8, 4) is 16.9 Å². The lowest BCUT2D eigenvalue weighted by Crippen LogP contribution is -2.18. The molecule has 2 nitrogen and oxygen atoms in total. The van der Waals surface area contributed by atoms with Gasteiger partial charge in [-0.25, -0.2) is 4.98 Å². The predicted molar refractivity (Wildman–Crippen MR) is 92.4 cm³/mol. The Balaban J connectivity index is 2.21. The van der Waals surface area contributed by atoms with Crippen molar-refractivity contribution < 1.29 is 0 Å². The Morgan fingerprint density at radius 2 is 1.50 bits per heavy atom. The summed E-state index contributed by atoms with van der Waals surface area (Å²) in [6, 6.07) is 18.8. The highest BCUT2D eigenvalue weighted by molar-refractivity contribution is 5.60. The predicted octanol–water partition coefficient (Wildman–Crippen LogP) is 5.15. The molecular formula is C20H22N2. The molecule has 1 aromatic heterocycles. The van der Waals surface area contributed by atoms with Crippen molar-refractivity contribution >= 4 is 0 Å². The molecule has 0 amide bonds. The van der Waals surface area contributed by atoms with E-state index < -0.39 is 0 Å². The van der Waals surface area contributed by atoms with Crippen molar-refractivity contribution in [3.63, 3.8) is 0 Å². The van der Waals surface area contributed by atoms with E-state index in [2.05, 4.69) is 87.0 Å². The molecule has 112 valence electrons. The van der Waals surface area contributed by atoms with Crippen molar-refractivity contribution in [1.82, 2.24) is 9.55 Å². The fraction of sp³-hybridized carbons (Fsp3) is 0.250. The van der Waals surface area contributed by atoms with E-state index >= 15 is 0 Å². The van der Waals surface area contributed by atoms with Crippen LogP contribution in [0.25, 0.3) is 16.9 Å². The topological polar surface area (TPSA) is 17.8 Å².